The molecule has 0 aliphatic carbocycles. The number of carbonyl (C=O) groups excluding carboxylic acids is 1. The van der Waals surface area contributed by atoms with Crippen LogP contribution in [0.2, 0.25) is 5.02 Å². The fourth-order valence-electron chi connectivity index (χ4n) is 2.48. The largest absolute Gasteiger partial charge is 0.347 e. The molecule has 0 radical (unpaired) electrons. The van der Waals surface area contributed by atoms with Crippen LogP contribution in [0.3, 0.4) is 0 Å². The van der Waals surface area contributed by atoms with Crippen molar-refractivity contribution < 1.29 is 13.2 Å². The first-order valence-corrected chi connectivity index (χ1v) is 10.1. The number of carbonyl (C=O) groups is 1. The normalized spacial score (nSPS) is 19.7. The van der Waals surface area contributed by atoms with Gasteiger partial charge in [-0.1, -0.05) is 23.7 Å². The van der Waals surface area contributed by atoms with Crippen LogP contribution in [0.5, 0.6) is 0 Å². The van der Waals surface area contributed by atoms with Gasteiger partial charge in [-0.3, -0.25) is 4.79 Å². The van der Waals surface area contributed by atoms with E-state index in [4.69, 9.17) is 11.6 Å². The van der Waals surface area contributed by atoms with Crippen molar-refractivity contribution in [2.24, 2.45) is 0 Å². The maximum Gasteiger partial charge on any atom is 0.263 e. The minimum Gasteiger partial charge on any atom is -0.347 e. The second-order valence-corrected chi connectivity index (χ2v) is 9.18. The van der Waals surface area contributed by atoms with Crippen LogP contribution in [0.25, 0.3) is 10.6 Å². The average molecular weight is 371 g/mol. The Balaban J connectivity index is 1.78. The van der Waals surface area contributed by atoms with Crippen molar-refractivity contribution in [2.75, 3.05) is 11.5 Å². The third-order valence-corrected chi connectivity index (χ3v) is 6.89. The van der Waals surface area contributed by atoms with Gasteiger partial charge in [0.05, 0.1) is 17.2 Å². The Morgan fingerprint density at radius 3 is 2.65 bits per heavy atom. The van der Waals surface area contributed by atoms with E-state index in [9.17, 15) is 13.2 Å². The lowest BCUT2D eigenvalue weighted by Crippen LogP contribution is -2.35. The van der Waals surface area contributed by atoms with E-state index in [2.05, 4.69) is 10.3 Å². The van der Waals surface area contributed by atoms with E-state index in [1.807, 2.05) is 12.1 Å². The Hall–Kier alpha value is -1.44. The summed E-state index contributed by atoms with van der Waals surface area (Å²) in [7, 11) is -3.01. The van der Waals surface area contributed by atoms with Crippen molar-refractivity contribution in [3.8, 4) is 10.6 Å². The molecular weight excluding hydrogens is 356 g/mol. The topological polar surface area (TPSA) is 76.1 Å². The number of nitrogens with one attached hydrogen (secondary N) is 1. The molecule has 1 saturated heterocycles. The molecule has 1 unspecified atom stereocenters. The summed E-state index contributed by atoms with van der Waals surface area (Å²) < 4.78 is 22.9. The first kappa shape index (κ1) is 16.4. The maximum atomic E-state index is 12.4. The molecule has 5 nitrogen and oxygen atoms in total. The summed E-state index contributed by atoms with van der Waals surface area (Å²) in [5.41, 5.74) is 1.53. The summed E-state index contributed by atoms with van der Waals surface area (Å²) >= 11 is 7.17. The van der Waals surface area contributed by atoms with Crippen molar-refractivity contribution in [3.63, 3.8) is 0 Å². The molecule has 1 aromatic heterocycles. The van der Waals surface area contributed by atoms with E-state index >= 15 is 0 Å². The SMILES string of the molecule is Cc1nc(-c2ccc(Cl)cc2)sc1C(=O)NC1CCS(=O)(=O)C1. The van der Waals surface area contributed by atoms with Crippen LogP contribution in [0.1, 0.15) is 21.8 Å². The Morgan fingerprint density at radius 2 is 2.04 bits per heavy atom. The number of aromatic nitrogens is 1. The number of aryl methyl sites for hydroxylation is 1. The van der Waals surface area contributed by atoms with Gasteiger partial charge in [-0.05, 0) is 25.5 Å². The number of thiazole rings is 1. The standard InChI is InChI=1S/C15H15ClN2O3S2/c1-9-13(14(19)18-12-6-7-23(20,21)8-12)22-15(17-9)10-2-4-11(16)5-3-10/h2-5,12H,6-8H2,1H3,(H,18,19). The summed E-state index contributed by atoms with van der Waals surface area (Å²) in [4.78, 5) is 17.3. The highest BCUT2D eigenvalue weighted by Crippen LogP contribution is 2.29. The number of sulfone groups is 1. The van der Waals surface area contributed by atoms with Crippen LogP contribution in [-0.4, -0.2) is 36.9 Å². The van der Waals surface area contributed by atoms with Crippen LogP contribution in [0.15, 0.2) is 24.3 Å². The zero-order valence-corrected chi connectivity index (χ0v) is 14.8. The average Bonchev–Trinajstić information content (AvgIpc) is 3.02. The predicted molar refractivity (Wildman–Crippen MR) is 91.8 cm³/mol. The molecule has 2 aromatic rings. The van der Waals surface area contributed by atoms with Gasteiger partial charge >= 0.3 is 0 Å². The molecular formula is C15H15ClN2O3S2. The third kappa shape index (κ3) is 3.73. The Bertz CT molecular complexity index is 844. The molecule has 3 rings (SSSR count). The van der Waals surface area contributed by atoms with Gasteiger partial charge in [-0.25, -0.2) is 13.4 Å². The van der Waals surface area contributed by atoms with Gasteiger partial charge in [0.15, 0.2) is 9.84 Å². The molecule has 1 aliphatic rings. The summed E-state index contributed by atoms with van der Waals surface area (Å²) in [6.07, 6.45) is 0.468. The lowest BCUT2D eigenvalue weighted by atomic mass is 10.2. The lowest BCUT2D eigenvalue weighted by Gasteiger charge is -2.09. The molecule has 1 atom stereocenters. The predicted octanol–water partition coefficient (Wildman–Crippen LogP) is 2.69. The molecule has 0 spiro atoms. The second-order valence-electron chi connectivity index (χ2n) is 5.51. The molecule has 1 aromatic carbocycles. The molecule has 23 heavy (non-hydrogen) atoms. The van der Waals surface area contributed by atoms with Crippen LogP contribution >= 0.6 is 22.9 Å². The van der Waals surface area contributed by atoms with E-state index < -0.39 is 9.84 Å². The number of hydrogen-bond donors (Lipinski definition) is 1. The third-order valence-electron chi connectivity index (χ3n) is 3.66. The van der Waals surface area contributed by atoms with Gasteiger partial charge < -0.3 is 5.32 Å². The minimum atomic E-state index is -3.01. The van der Waals surface area contributed by atoms with E-state index in [1.165, 1.54) is 11.3 Å². The van der Waals surface area contributed by atoms with Crippen molar-refractivity contribution >= 4 is 38.7 Å². The van der Waals surface area contributed by atoms with Gasteiger partial charge in [-0.2, -0.15) is 0 Å². The van der Waals surface area contributed by atoms with Crippen LogP contribution in [0, 0.1) is 6.92 Å². The van der Waals surface area contributed by atoms with Crippen LogP contribution < -0.4 is 5.32 Å². The molecule has 1 amide bonds. The van der Waals surface area contributed by atoms with Crippen LogP contribution in [0.4, 0.5) is 0 Å². The fourth-order valence-corrected chi connectivity index (χ4v) is 5.26. The van der Waals surface area contributed by atoms with Crippen molar-refractivity contribution in [1.82, 2.24) is 10.3 Å². The Labute approximate surface area is 143 Å². The number of amides is 1. The van der Waals surface area contributed by atoms with Gasteiger partial charge in [0.2, 0.25) is 0 Å². The number of nitrogens with zero attached hydrogens (tertiary/aromatic N) is 1. The zero-order chi connectivity index (χ0) is 16.6. The smallest absolute Gasteiger partial charge is 0.263 e. The highest BCUT2D eigenvalue weighted by Gasteiger charge is 2.30. The van der Waals surface area contributed by atoms with Gasteiger partial charge in [0.1, 0.15) is 9.88 Å². The lowest BCUT2D eigenvalue weighted by molar-refractivity contribution is 0.0944. The highest BCUT2D eigenvalue weighted by molar-refractivity contribution is 7.91. The Morgan fingerprint density at radius 1 is 1.35 bits per heavy atom. The fraction of sp³-hybridized carbons (Fsp3) is 0.333. The molecule has 0 saturated carbocycles. The monoisotopic (exact) mass is 370 g/mol. The summed E-state index contributed by atoms with van der Waals surface area (Å²) in [5.74, 6) is -0.113. The number of rotatable bonds is 3. The molecule has 122 valence electrons. The molecule has 1 N–H and O–H groups in total. The molecule has 1 fully saturated rings. The quantitative estimate of drug-likeness (QED) is 0.901. The minimum absolute atomic E-state index is 0.0145. The first-order chi connectivity index (χ1) is 10.8. The summed E-state index contributed by atoms with van der Waals surface area (Å²) in [5, 5.41) is 4.18. The van der Waals surface area contributed by atoms with Crippen molar-refractivity contribution in [3.05, 3.63) is 39.9 Å². The van der Waals surface area contributed by atoms with Crippen LogP contribution in [-0.2, 0) is 9.84 Å². The van der Waals surface area contributed by atoms with E-state index in [0.717, 1.165) is 10.6 Å². The van der Waals surface area contributed by atoms with Crippen molar-refractivity contribution in [1.29, 1.82) is 0 Å². The highest BCUT2D eigenvalue weighted by atomic mass is 35.5. The molecule has 1 aliphatic heterocycles. The summed E-state index contributed by atoms with van der Waals surface area (Å²) in [6, 6.07) is 6.94. The molecule has 0 bridgehead atoms. The number of halogens is 1. The zero-order valence-electron chi connectivity index (χ0n) is 12.4. The molecule has 2 heterocycles. The maximum absolute atomic E-state index is 12.4. The second kappa shape index (κ2) is 6.22. The summed E-state index contributed by atoms with van der Waals surface area (Å²) in [6.45, 7) is 1.77. The van der Waals surface area contributed by atoms with Gasteiger partial charge in [0.25, 0.3) is 5.91 Å². The van der Waals surface area contributed by atoms with E-state index in [-0.39, 0.29) is 23.5 Å². The number of benzene rings is 1. The Kier molecular flexibility index (Phi) is 4.44. The van der Waals surface area contributed by atoms with E-state index in [0.29, 0.717) is 22.0 Å². The number of hydrogen-bond acceptors (Lipinski definition) is 5. The van der Waals surface area contributed by atoms with Crippen molar-refractivity contribution in [2.45, 2.75) is 19.4 Å². The first-order valence-electron chi connectivity index (χ1n) is 7.09. The van der Waals surface area contributed by atoms with E-state index in [1.54, 1.807) is 19.1 Å². The van der Waals surface area contributed by atoms with Gasteiger partial charge in [0, 0.05) is 16.6 Å². The van der Waals surface area contributed by atoms with Gasteiger partial charge in [-0.15, -0.1) is 11.3 Å². The molecule has 8 heteroatoms.